The summed E-state index contributed by atoms with van der Waals surface area (Å²) in [6.45, 7) is 2.89. The van der Waals surface area contributed by atoms with Gasteiger partial charge in [-0.1, -0.05) is 23.2 Å². The zero-order valence-corrected chi connectivity index (χ0v) is 12.6. The van der Waals surface area contributed by atoms with Gasteiger partial charge in [-0.25, -0.2) is 14.6 Å². The van der Waals surface area contributed by atoms with Crippen molar-refractivity contribution in [1.82, 2.24) is 5.01 Å². The summed E-state index contributed by atoms with van der Waals surface area (Å²) in [4.78, 5) is 23.4. The van der Waals surface area contributed by atoms with Crippen molar-refractivity contribution in [2.24, 2.45) is 5.10 Å². The fourth-order valence-electron chi connectivity index (χ4n) is 1.42. The second-order valence-electron chi connectivity index (χ2n) is 3.72. The van der Waals surface area contributed by atoms with Crippen molar-refractivity contribution in [1.29, 1.82) is 0 Å². The molecule has 0 aliphatic rings. The van der Waals surface area contributed by atoms with E-state index >= 15 is 0 Å². The van der Waals surface area contributed by atoms with Gasteiger partial charge in [0.1, 0.15) is 0 Å². The highest BCUT2D eigenvalue weighted by atomic mass is 35.5. The van der Waals surface area contributed by atoms with Crippen LogP contribution < -0.4 is 5.32 Å². The molecular weight excluding hydrogens is 321 g/mol. The number of methoxy groups -OCH3 is 1. The molecular formula is C12H13Cl2N3O4. The summed E-state index contributed by atoms with van der Waals surface area (Å²) in [6.07, 6.45) is 0. The molecule has 0 unspecified atom stereocenters. The summed E-state index contributed by atoms with van der Waals surface area (Å²) in [5.41, 5.74) is 0.206. The van der Waals surface area contributed by atoms with Gasteiger partial charge in [-0.15, -0.1) is 0 Å². The van der Waals surface area contributed by atoms with Gasteiger partial charge in [-0.2, -0.15) is 5.10 Å². The number of rotatable bonds is 5. The number of nitrogens with one attached hydrogen (secondary N) is 1. The van der Waals surface area contributed by atoms with Crippen molar-refractivity contribution in [2.45, 2.75) is 0 Å². The molecule has 0 heterocycles. The van der Waals surface area contributed by atoms with Crippen LogP contribution in [0.15, 0.2) is 17.2 Å². The molecule has 0 aromatic heterocycles. The highest BCUT2D eigenvalue weighted by molar-refractivity contribution is 6.38. The molecule has 0 atom stereocenters. The predicted molar refractivity (Wildman–Crippen MR) is 80.2 cm³/mol. The number of hydrogen-bond acceptors (Lipinski definition) is 5. The van der Waals surface area contributed by atoms with Crippen LogP contribution >= 0.6 is 23.2 Å². The molecule has 2 N–H and O–H groups in total. The lowest BCUT2D eigenvalue weighted by atomic mass is 10.2. The molecule has 2 amide bonds. The van der Waals surface area contributed by atoms with Crippen molar-refractivity contribution < 1.29 is 19.4 Å². The minimum atomic E-state index is -0.668. The van der Waals surface area contributed by atoms with Gasteiger partial charge in [0.25, 0.3) is 0 Å². The second kappa shape index (κ2) is 7.82. The Labute approximate surface area is 131 Å². The number of hydrazone groups is 1. The van der Waals surface area contributed by atoms with Gasteiger partial charge in [-0.05, 0) is 12.1 Å². The molecule has 0 aliphatic carbocycles. The maximum atomic E-state index is 11.9. The number of benzene rings is 1. The first-order valence-electron chi connectivity index (χ1n) is 5.68. The molecule has 9 heteroatoms. The highest BCUT2D eigenvalue weighted by Crippen LogP contribution is 2.30. The van der Waals surface area contributed by atoms with Crippen molar-refractivity contribution in [2.75, 3.05) is 25.6 Å². The Kier molecular flexibility index (Phi) is 6.41. The summed E-state index contributed by atoms with van der Waals surface area (Å²) in [5.74, 6) is -0.666. The van der Waals surface area contributed by atoms with E-state index in [2.05, 4.69) is 21.9 Å². The smallest absolute Gasteiger partial charge is 0.342 e. The molecule has 1 aromatic carbocycles. The molecule has 0 bridgehead atoms. The van der Waals surface area contributed by atoms with E-state index in [1.807, 2.05) is 0 Å². The van der Waals surface area contributed by atoms with E-state index in [-0.39, 0.29) is 34.4 Å². The fourth-order valence-corrected chi connectivity index (χ4v) is 1.93. The molecule has 0 saturated heterocycles. The standard InChI is InChI=1S/C12H13Cl2N3O4/c1-15-17(3-4-18)12(20)16-10-5-7(11(19)21-2)8(13)6-9(10)14/h5-6,18H,1,3-4H2,2H3,(H,16,20). The summed E-state index contributed by atoms with van der Waals surface area (Å²) in [7, 11) is 1.20. The predicted octanol–water partition coefficient (Wildman–Crippen LogP) is 2.22. The maximum absolute atomic E-state index is 11.9. The monoisotopic (exact) mass is 333 g/mol. The van der Waals surface area contributed by atoms with Gasteiger partial charge in [0.05, 0.1) is 41.6 Å². The molecule has 1 rings (SSSR count). The lowest BCUT2D eigenvalue weighted by Gasteiger charge is -2.17. The Balaban J connectivity index is 3.05. The first-order valence-corrected chi connectivity index (χ1v) is 6.43. The molecule has 0 spiro atoms. The molecule has 0 fully saturated rings. The van der Waals surface area contributed by atoms with Crippen molar-refractivity contribution >= 4 is 47.6 Å². The van der Waals surface area contributed by atoms with Crippen LogP contribution in [0.3, 0.4) is 0 Å². The van der Waals surface area contributed by atoms with Crippen LogP contribution in [0.4, 0.5) is 10.5 Å². The van der Waals surface area contributed by atoms with Crippen LogP contribution in [0.5, 0.6) is 0 Å². The zero-order valence-electron chi connectivity index (χ0n) is 11.1. The van der Waals surface area contributed by atoms with Gasteiger partial charge in [0.15, 0.2) is 0 Å². The Morgan fingerprint density at radius 3 is 2.62 bits per heavy atom. The number of anilines is 1. The van der Waals surface area contributed by atoms with Gasteiger partial charge in [0.2, 0.25) is 0 Å². The number of urea groups is 1. The summed E-state index contributed by atoms with van der Waals surface area (Å²) >= 11 is 11.8. The number of esters is 1. The molecule has 114 valence electrons. The minimum absolute atomic E-state index is 0.0373. The normalized spacial score (nSPS) is 9.90. The van der Waals surface area contributed by atoms with E-state index in [9.17, 15) is 9.59 Å². The zero-order chi connectivity index (χ0) is 16.0. The lowest BCUT2D eigenvalue weighted by molar-refractivity contribution is 0.0601. The van der Waals surface area contributed by atoms with E-state index in [4.69, 9.17) is 28.3 Å². The first kappa shape index (κ1) is 17.2. The molecule has 1 aromatic rings. The number of ether oxygens (including phenoxy) is 1. The van der Waals surface area contributed by atoms with Crippen molar-refractivity contribution in [3.8, 4) is 0 Å². The van der Waals surface area contributed by atoms with Crippen molar-refractivity contribution in [3.63, 3.8) is 0 Å². The van der Waals surface area contributed by atoms with Gasteiger partial charge in [0, 0.05) is 6.72 Å². The Bertz CT molecular complexity index is 566. The molecule has 7 nitrogen and oxygen atoms in total. The average Bonchev–Trinajstić information content (AvgIpc) is 2.46. The van der Waals surface area contributed by atoms with Gasteiger partial charge in [-0.3, -0.25) is 0 Å². The fraction of sp³-hybridized carbons (Fsp3) is 0.250. The number of carbonyl (C=O) groups is 2. The summed E-state index contributed by atoms with van der Waals surface area (Å²) in [6, 6.07) is 1.93. The number of halogens is 2. The van der Waals surface area contributed by atoms with Crippen LogP contribution in [-0.2, 0) is 4.74 Å². The second-order valence-corrected chi connectivity index (χ2v) is 4.54. The minimum Gasteiger partial charge on any atom is -0.465 e. The quantitative estimate of drug-likeness (QED) is 0.491. The van der Waals surface area contributed by atoms with E-state index in [0.29, 0.717) is 0 Å². The average molecular weight is 334 g/mol. The van der Waals surface area contributed by atoms with Crippen LogP contribution in [-0.4, -0.2) is 49.1 Å². The topological polar surface area (TPSA) is 91.2 Å². The van der Waals surface area contributed by atoms with E-state index in [0.717, 1.165) is 5.01 Å². The highest BCUT2D eigenvalue weighted by Gasteiger charge is 2.18. The number of hydrogen-bond donors (Lipinski definition) is 2. The Morgan fingerprint density at radius 2 is 2.10 bits per heavy atom. The summed E-state index contributed by atoms with van der Waals surface area (Å²) in [5, 5.41) is 15.8. The third-order valence-corrected chi connectivity index (χ3v) is 3.05. The van der Waals surface area contributed by atoms with E-state index in [1.165, 1.54) is 19.2 Å². The van der Waals surface area contributed by atoms with Crippen molar-refractivity contribution in [3.05, 3.63) is 27.7 Å². The maximum Gasteiger partial charge on any atom is 0.342 e. The largest absolute Gasteiger partial charge is 0.465 e. The number of aliphatic hydroxyl groups is 1. The molecule has 0 saturated carbocycles. The van der Waals surface area contributed by atoms with E-state index in [1.54, 1.807) is 0 Å². The van der Waals surface area contributed by atoms with Crippen LogP contribution in [0.1, 0.15) is 10.4 Å². The van der Waals surface area contributed by atoms with Crippen LogP contribution in [0, 0.1) is 0 Å². The molecule has 21 heavy (non-hydrogen) atoms. The number of carbonyl (C=O) groups excluding carboxylic acids is 2. The van der Waals surface area contributed by atoms with Gasteiger partial charge >= 0.3 is 12.0 Å². The van der Waals surface area contributed by atoms with E-state index < -0.39 is 12.0 Å². The summed E-state index contributed by atoms with van der Waals surface area (Å²) < 4.78 is 4.57. The Morgan fingerprint density at radius 1 is 1.43 bits per heavy atom. The Hall–Kier alpha value is -1.83. The first-order chi connectivity index (χ1) is 9.94. The third-order valence-electron chi connectivity index (χ3n) is 2.42. The number of nitrogens with zero attached hydrogens (tertiary/aromatic N) is 2. The number of aliphatic hydroxyl groups excluding tert-OH is 1. The molecule has 0 radical (unpaired) electrons. The lowest BCUT2D eigenvalue weighted by Crippen LogP contribution is -2.32. The molecule has 0 aliphatic heterocycles. The SMILES string of the molecule is C=NN(CCO)C(=O)Nc1cc(C(=O)OC)c(Cl)cc1Cl. The van der Waals surface area contributed by atoms with Crippen LogP contribution in [0.25, 0.3) is 0 Å². The van der Waals surface area contributed by atoms with Gasteiger partial charge < -0.3 is 15.2 Å². The third kappa shape index (κ3) is 4.32. The van der Waals surface area contributed by atoms with Crippen LogP contribution in [0.2, 0.25) is 10.0 Å². The number of amides is 2.